The number of carbonyl (C=O) groups is 3. The SMILES string of the molecule is NCCCCN(CC(O)C(Cc1ccccc1)NC(=O)c1ccccc1)C(=O)OC(=O)[C@@H]1CCCN1. The zero-order valence-corrected chi connectivity index (χ0v) is 20.5. The van der Waals surface area contributed by atoms with Crippen molar-refractivity contribution in [2.45, 2.75) is 50.3 Å². The summed E-state index contributed by atoms with van der Waals surface area (Å²) >= 11 is 0. The highest BCUT2D eigenvalue weighted by atomic mass is 16.6. The van der Waals surface area contributed by atoms with Crippen LogP contribution in [-0.4, -0.2) is 72.3 Å². The van der Waals surface area contributed by atoms with Gasteiger partial charge in [0.05, 0.1) is 18.7 Å². The van der Waals surface area contributed by atoms with Crippen molar-refractivity contribution in [2.24, 2.45) is 5.73 Å². The Kier molecular flexibility index (Phi) is 10.9. The van der Waals surface area contributed by atoms with Crippen molar-refractivity contribution in [3.05, 3.63) is 71.8 Å². The number of hydrogen-bond donors (Lipinski definition) is 4. The molecule has 5 N–H and O–H groups in total. The van der Waals surface area contributed by atoms with Gasteiger partial charge in [0.15, 0.2) is 0 Å². The molecule has 3 rings (SSSR count). The molecular formula is C27H36N4O5. The Morgan fingerprint density at radius 2 is 1.78 bits per heavy atom. The van der Waals surface area contributed by atoms with Gasteiger partial charge in [-0.1, -0.05) is 48.5 Å². The molecule has 0 aromatic heterocycles. The van der Waals surface area contributed by atoms with Gasteiger partial charge in [-0.05, 0) is 62.9 Å². The van der Waals surface area contributed by atoms with Crippen molar-refractivity contribution in [3.63, 3.8) is 0 Å². The van der Waals surface area contributed by atoms with Gasteiger partial charge in [-0.15, -0.1) is 0 Å². The van der Waals surface area contributed by atoms with E-state index in [4.69, 9.17) is 10.5 Å². The summed E-state index contributed by atoms with van der Waals surface area (Å²) < 4.78 is 5.13. The number of esters is 1. The molecule has 0 radical (unpaired) electrons. The molecule has 9 nitrogen and oxygen atoms in total. The highest BCUT2D eigenvalue weighted by Crippen LogP contribution is 2.13. The van der Waals surface area contributed by atoms with Crippen molar-refractivity contribution in [3.8, 4) is 0 Å². The molecule has 0 spiro atoms. The number of carbonyl (C=O) groups excluding carboxylic acids is 3. The molecule has 2 amide bonds. The normalized spacial score (nSPS) is 16.7. The van der Waals surface area contributed by atoms with Gasteiger partial charge < -0.3 is 31.1 Å². The Hall–Kier alpha value is -3.27. The Bertz CT molecular complexity index is 967. The van der Waals surface area contributed by atoms with Crippen LogP contribution in [0.25, 0.3) is 0 Å². The number of nitrogens with zero attached hydrogens (tertiary/aromatic N) is 1. The predicted molar refractivity (Wildman–Crippen MR) is 136 cm³/mol. The lowest BCUT2D eigenvalue weighted by Gasteiger charge is -2.30. The topological polar surface area (TPSA) is 134 Å². The summed E-state index contributed by atoms with van der Waals surface area (Å²) in [6, 6.07) is 17.0. The highest BCUT2D eigenvalue weighted by Gasteiger charge is 2.30. The van der Waals surface area contributed by atoms with Crippen LogP contribution in [0.1, 0.15) is 41.6 Å². The maximum Gasteiger partial charge on any atom is 0.417 e. The lowest BCUT2D eigenvalue weighted by atomic mass is 10.00. The Morgan fingerprint density at radius 3 is 2.42 bits per heavy atom. The van der Waals surface area contributed by atoms with E-state index in [1.807, 2.05) is 36.4 Å². The Morgan fingerprint density at radius 1 is 1.08 bits per heavy atom. The Balaban J connectivity index is 1.72. The second-order valence-corrected chi connectivity index (χ2v) is 8.98. The number of unbranched alkanes of at least 4 members (excludes halogenated alkanes) is 1. The van der Waals surface area contributed by atoms with Crippen LogP contribution < -0.4 is 16.4 Å². The van der Waals surface area contributed by atoms with Crippen LogP contribution in [0.3, 0.4) is 0 Å². The van der Waals surface area contributed by atoms with E-state index in [-0.39, 0.29) is 19.0 Å². The summed E-state index contributed by atoms with van der Waals surface area (Å²) in [5.41, 5.74) is 7.00. The molecule has 0 bridgehead atoms. The van der Waals surface area contributed by atoms with Crippen LogP contribution in [0, 0.1) is 0 Å². The molecule has 2 unspecified atom stereocenters. The van der Waals surface area contributed by atoms with E-state index in [0.29, 0.717) is 44.3 Å². The number of hydrogen-bond acceptors (Lipinski definition) is 7. The summed E-state index contributed by atoms with van der Waals surface area (Å²) in [6.45, 7) is 1.32. The van der Waals surface area contributed by atoms with Crippen LogP contribution >= 0.6 is 0 Å². The quantitative estimate of drug-likeness (QED) is 0.200. The second-order valence-electron chi connectivity index (χ2n) is 8.98. The molecular weight excluding hydrogens is 460 g/mol. The van der Waals surface area contributed by atoms with Gasteiger partial charge in [-0.2, -0.15) is 0 Å². The molecule has 2 aromatic rings. The van der Waals surface area contributed by atoms with E-state index in [0.717, 1.165) is 12.0 Å². The number of benzene rings is 2. The number of nitrogens with two attached hydrogens (primary N) is 1. The number of aliphatic hydroxyl groups is 1. The van der Waals surface area contributed by atoms with Crippen LogP contribution in [0.4, 0.5) is 4.79 Å². The molecule has 2 aromatic carbocycles. The number of ether oxygens (including phenoxy) is 1. The largest absolute Gasteiger partial charge is 0.417 e. The first-order valence-corrected chi connectivity index (χ1v) is 12.5. The zero-order chi connectivity index (χ0) is 25.8. The smallest absolute Gasteiger partial charge is 0.389 e. The molecule has 1 fully saturated rings. The van der Waals surface area contributed by atoms with Crippen molar-refractivity contribution in [2.75, 3.05) is 26.2 Å². The minimum absolute atomic E-state index is 0.110. The standard InChI is InChI=1S/C27H36N4O5/c28-15-7-8-17-31(27(35)36-26(34)22-14-9-16-29-22)19-24(32)23(18-20-10-3-1-4-11-20)30-25(33)21-12-5-2-6-13-21/h1-6,10-13,22-24,29,32H,7-9,14-19,28H2,(H,30,33)/t22-,23?,24?/m0/s1. The van der Waals surface area contributed by atoms with Crippen LogP contribution in [-0.2, 0) is 16.0 Å². The monoisotopic (exact) mass is 496 g/mol. The van der Waals surface area contributed by atoms with E-state index in [1.54, 1.807) is 24.3 Å². The fourth-order valence-corrected chi connectivity index (χ4v) is 4.16. The Labute approximate surface area is 212 Å². The second kappa shape index (κ2) is 14.3. The lowest BCUT2D eigenvalue weighted by Crippen LogP contribution is -2.51. The maximum absolute atomic E-state index is 12.9. The van der Waals surface area contributed by atoms with Gasteiger partial charge in [0, 0.05) is 12.1 Å². The first kappa shape index (κ1) is 27.3. The molecule has 194 valence electrons. The first-order valence-electron chi connectivity index (χ1n) is 12.5. The lowest BCUT2D eigenvalue weighted by molar-refractivity contribution is -0.140. The summed E-state index contributed by atoms with van der Waals surface area (Å²) in [4.78, 5) is 39.5. The van der Waals surface area contributed by atoms with Crippen molar-refractivity contribution >= 4 is 18.0 Å². The van der Waals surface area contributed by atoms with Crippen molar-refractivity contribution < 1.29 is 24.2 Å². The molecule has 36 heavy (non-hydrogen) atoms. The first-order chi connectivity index (χ1) is 17.5. The van der Waals surface area contributed by atoms with Crippen LogP contribution in [0.5, 0.6) is 0 Å². The number of aliphatic hydroxyl groups excluding tert-OH is 1. The zero-order valence-electron chi connectivity index (χ0n) is 20.5. The molecule has 1 aliphatic rings. The summed E-state index contributed by atoms with van der Waals surface area (Å²) in [6.07, 6.45) is 1.17. The third-order valence-corrected chi connectivity index (χ3v) is 6.20. The van der Waals surface area contributed by atoms with Crippen LogP contribution in [0.2, 0.25) is 0 Å². The average molecular weight is 497 g/mol. The van der Waals surface area contributed by atoms with E-state index in [2.05, 4.69) is 10.6 Å². The molecule has 3 atom stereocenters. The number of amides is 2. The van der Waals surface area contributed by atoms with Gasteiger partial charge in [0.1, 0.15) is 6.04 Å². The van der Waals surface area contributed by atoms with E-state index in [9.17, 15) is 19.5 Å². The third kappa shape index (κ3) is 8.44. The van der Waals surface area contributed by atoms with Gasteiger partial charge in [0.25, 0.3) is 5.91 Å². The van der Waals surface area contributed by atoms with Gasteiger partial charge in [-0.25, -0.2) is 9.59 Å². The predicted octanol–water partition coefficient (Wildman–Crippen LogP) is 1.84. The molecule has 1 heterocycles. The van der Waals surface area contributed by atoms with Gasteiger partial charge >= 0.3 is 12.1 Å². The average Bonchev–Trinajstić information content (AvgIpc) is 3.44. The molecule has 1 saturated heterocycles. The van der Waals surface area contributed by atoms with Gasteiger partial charge in [-0.3, -0.25) is 4.79 Å². The fourth-order valence-electron chi connectivity index (χ4n) is 4.16. The van der Waals surface area contributed by atoms with E-state index in [1.165, 1.54) is 4.90 Å². The van der Waals surface area contributed by atoms with E-state index >= 15 is 0 Å². The number of rotatable bonds is 12. The summed E-state index contributed by atoms with van der Waals surface area (Å²) in [5, 5.41) is 17.1. The van der Waals surface area contributed by atoms with Crippen molar-refractivity contribution in [1.82, 2.24) is 15.5 Å². The number of nitrogens with one attached hydrogen (secondary N) is 2. The summed E-state index contributed by atoms with van der Waals surface area (Å²) in [7, 11) is 0. The molecule has 9 heteroatoms. The maximum atomic E-state index is 12.9. The fraction of sp³-hybridized carbons (Fsp3) is 0.444. The minimum atomic E-state index is -1.11. The highest BCUT2D eigenvalue weighted by molar-refractivity contribution is 5.94. The van der Waals surface area contributed by atoms with Gasteiger partial charge in [0.2, 0.25) is 0 Å². The molecule has 1 aliphatic heterocycles. The van der Waals surface area contributed by atoms with Crippen LogP contribution in [0.15, 0.2) is 60.7 Å². The minimum Gasteiger partial charge on any atom is -0.389 e. The van der Waals surface area contributed by atoms with E-state index < -0.39 is 30.3 Å². The van der Waals surface area contributed by atoms with Crippen molar-refractivity contribution in [1.29, 1.82) is 0 Å². The third-order valence-electron chi connectivity index (χ3n) is 6.20. The summed E-state index contributed by atoms with van der Waals surface area (Å²) in [5.74, 6) is -0.940. The molecule has 0 aliphatic carbocycles. The molecule has 0 saturated carbocycles.